The van der Waals surface area contributed by atoms with Gasteiger partial charge in [0.1, 0.15) is 5.82 Å². The molecule has 90 valence electrons. The number of nitrogens with zero attached hydrogens (tertiary/aromatic N) is 4. The van der Waals surface area contributed by atoms with Crippen LogP contribution in [0.4, 0.5) is 11.6 Å². The zero-order valence-electron chi connectivity index (χ0n) is 10.0. The minimum absolute atomic E-state index is 0.541. The first-order valence-electron chi connectivity index (χ1n) is 6.12. The highest BCUT2D eigenvalue weighted by Crippen LogP contribution is 2.31. The van der Waals surface area contributed by atoms with Crippen LogP contribution in [0.15, 0.2) is 18.6 Å². The molecule has 0 aromatic carbocycles. The molecule has 0 radical (unpaired) electrons. The van der Waals surface area contributed by atoms with Crippen molar-refractivity contribution in [3.8, 4) is 0 Å². The maximum absolute atomic E-state index is 5.84. The van der Waals surface area contributed by atoms with E-state index >= 15 is 0 Å². The summed E-state index contributed by atoms with van der Waals surface area (Å²) < 4.78 is 1.94. The molecule has 0 spiro atoms. The number of nitrogens with two attached hydrogens (primary N) is 1. The number of imidazole rings is 1. The number of nitrogen functional groups attached to an aromatic ring is 1. The Morgan fingerprint density at radius 2 is 2.35 bits per heavy atom. The molecule has 0 amide bonds. The van der Waals surface area contributed by atoms with Gasteiger partial charge in [0.25, 0.3) is 0 Å². The third-order valence-electron chi connectivity index (χ3n) is 3.23. The van der Waals surface area contributed by atoms with Crippen LogP contribution in [0.1, 0.15) is 19.8 Å². The van der Waals surface area contributed by atoms with E-state index in [9.17, 15) is 0 Å². The molecule has 1 aliphatic carbocycles. The number of aromatic nitrogens is 3. The van der Waals surface area contributed by atoms with Gasteiger partial charge in [-0.2, -0.15) is 0 Å². The normalized spacial score (nSPS) is 15.4. The number of anilines is 2. The lowest BCUT2D eigenvalue weighted by Gasteiger charge is -2.22. The molecule has 1 fully saturated rings. The highest BCUT2D eigenvalue weighted by molar-refractivity contribution is 5.66. The van der Waals surface area contributed by atoms with Crippen LogP contribution >= 0.6 is 0 Å². The molecule has 0 aliphatic heterocycles. The van der Waals surface area contributed by atoms with Crippen molar-refractivity contribution in [1.82, 2.24) is 14.4 Å². The molecule has 0 bridgehead atoms. The van der Waals surface area contributed by atoms with Crippen molar-refractivity contribution in [2.45, 2.75) is 19.8 Å². The lowest BCUT2D eigenvalue weighted by Crippen LogP contribution is -2.27. The largest absolute Gasteiger partial charge is 0.382 e. The van der Waals surface area contributed by atoms with E-state index in [1.54, 1.807) is 12.4 Å². The van der Waals surface area contributed by atoms with Gasteiger partial charge in [-0.25, -0.2) is 9.97 Å². The lowest BCUT2D eigenvalue weighted by molar-refractivity contribution is 0.732. The Balaban J connectivity index is 2.03. The van der Waals surface area contributed by atoms with E-state index in [4.69, 9.17) is 5.73 Å². The molecule has 0 saturated heterocycles. The van der Waals surface area contributed by atoms with Crippen LogP contribution in [0.2, 0.25) is 0 Å². The minimum Gasteiger partial charge on any atom is -0.382 e. The second kappa shape index (κ2) is 3.91. The Morgan fingerprint density at radius 1 is 1.53 bits per heavy atom. The van der Waals surface area contributed by atoms with Crippen molar-refractivity contribution >= 4 is 17.3 Å². The van der Waals surface area contributed by atoms with E-state index in [0.29, 0.717) is 5.82 Å². The van der Waals surface area contributed by atoms with Gasteiger partial charge in [-0.1, -0.05) is 0 Å². The maximum Gasteiger partial charge on any atom is 0.180 e. The van der Waals surface area contributed by atoms with Crippen molar-refractivity contribution < 1.29 is 0 Å². The lowest BCUT2D eigenvalue weighted by atomic mass is 10.3. The fourth-order valence-electron chi connectivity index (χ4n) is 2.12. The van der Waals surface area contributed by atoms with Gasteiger partial charge in [-0.05, 0) is 25.7 Å². The number of hydrogen-bond donors (Lipinski definition) is 1. The standard InChI is InChI=1S/C12H17N5/c1-2-16(7-9-3-4-9)12-11-14-5-6-17(11)8-10(13)15-12/h5-6,8-9H,2-4,7,13H2,1H3. The molecule has 17 heavy (non-hydrogen) atoms. The summed E-state index contributed by atoms with van der Waals surface area (Å²) in [5.74, 6) is 2.28. The Bertz CT molecular complexity index is 529. The number of hydrogen-bond acceptors (Lipinski definition) is 4. The topological polar surface area (TPSA) is 59.5 Å². The summed E-state index contributed by atoms with van der Waals surface area (Å²) in [5.41, 5.74) is 6.73. The first kappa shape index (κ1) is 10.4. The summed E-state index contributed by atoms with van der Waals surface area (Å²) in [7, 11) is 0. The number of rotatable bonds is 4. The van der Waals surface area contributed by atoms with E-state index in [1.807, 2.05) is 10.6 Å². The molecule has 1 saturated carbocycles. The molecule has 2 N–H and O–H groups in total. The van der Waals surface area contributed by atoms with Gasteiger partial charge in [0.2, 0.25) is 0 Å². The molecule has 5 nitrogen and oxygen atoms in total. The molecular weight excluding hydrogens is 214 g/mol. The van der Waals surface area contributed by atoms with E-state index in [2.05, 4.69) is 21.8 Å². The van der Waals surface area contributed by atoms with E-state index in [0.717, 1.165) is 30.5 Å². The van der Waals surface area contributed by atoms with Crippen LogP contribution < -0.4 is 10.6 Å². The van der Waals surface area contributed by atoms with E-state index in [1.165, 1.54) is 12.8 Å². The van der Waals surface area contributed by atoms with Gasteiger partial charge >= 0.3 is 0 Å². The molecule has 2 aromatic heterocycles. The van der Waals surface area contributed by atoms with Crippen molar-refractivity contribution in [1.29, 1.82) is 0 Å². The second-order valence-electron chi connectivity index (χ2n) is 4.63. The minimum atomic E-state index is 0.541. The summed E-state index contributed by atoms with van der Waals surface area (Å²) in [6, 6.07) is 0. The van der Waals surface area contributed by atoms with Crippen LogP contribution in [0.5, 0.6) is 0 Å². The third kappa shape index (κ3) is 1.92. The first-order valence-corrected chi connectivity index (χ1v) is 6.12. The molecule has 2 heterocycles. The Hall–Kier alpha value is -1.78. The Labute approximate surface area is 100 Å². The highest BCUT2D eigenvalue weighted by atomic mass is 15.2. The zero-order chi connectivity index (χ0) is 11.8. The van der Waals surface area contributed by atoms with Gasteiger partial charge in [-0.3, -0.25) is 0 Å². The molecule has 2 aromatic rings. The molecule has 0 atom stereocenters. The van der Waals surface area contributed by atoms with Crippen molar-refractivity contribution in [3.63, 3.8) is 0 Å². The zero-order valence-corrected chi connectivity index (χ0v) is 10.0. The third-order valence-corrected chi connectivity index (χ3v) is 3.23. The van der Waals surface area contributed by atoms with E-state index in [-0.39, 0.29) is 0 Å². The Morgan fingerprint density at radius 3 is 3.06 bits per heavy atom. The van der Waals surface area contributed by atoms with Gasteiger partial charge in [0.05, 0.1) is 6.20 Å². The summed E-state index contributed by atoms with van der Waals surface area (Å²) in [5, 5.41) is 0. The smallest absolute Gasteiger partial charge is 0.180 e. The van der Waals surface area contributed by atoms with Gasteiger partial charge in [-0.15, -0.1) is 0 Å². The monoisotopic (exact) mass is 231 g/mol. The van der Waals surface area contributed by atoms with Crippen LogP contribution in [-0.2, 0) is 0 Å². The summed E-state index contributed by atoms with van der Waals surface area (Å²) >= 11 is 0. The van der Waals surface area contributed by atoms with Gasteiger partial charge < -0.3 is 15.0 Å². The summed E-state index contributed by atoms with van der Waals surface area (Å²) in [6.07, 6.45) is 8.16. The fourth-order valence-corrected chi connectivity index (χ4v) is 2.12. The average molecular weight is 231 g/mol. The van der Waals surface area contributed by atoms with E-state index < -0.39 is 0 Å². The van der Waals surface area contributed by atoms with Crippen molar-refractivity contribution in [2.24, 2.45) is 5.92 Å². The molecular formula is C12H17N5. The average Bonchev–Trinajstić information content (AvgIpc) is 3.01. The Kier molecular flexibility index (Phi) is 2.39. The van der Waals surface area contributed by atoms with Crippen LogP contribution in [0.3, 0.4) is 0 Å². The van der Waals surface area contributed by atoms with Crippen LogP contribution in [-0.4, -0.2) is 27.5 Å². The van der Waals surface area contributed by atoms with Gasteiger partial charge in [0.15, 0.2) is 11.5 Å². The highest BCUT2D eigenvalue weighted by Gasteiger charge is 2.25. The molecule has 3 rings (SSSR count). The predicted octanol–water partition coefficient (Wildman–Crippen LogP) is 1.55. The fraction of sp³-hybridized carbons (Fsp3) is 0.500. The maximum atomic E-state index is 5.84. The number of fused-ring (bicyclic) bond motifs is 1. The van der Waals surface area contributed by atoms with Crippen molar-refractivity contribution in [2.75, 3.05) is 23.7 Å². The summed E-state index contributed by atoms with van der Waals surface area (Å²) in [4.78, 5) is 11.1. The molecule has 5 heteroatoms. The second-order valence-corrected chi connectivity index (χ2v) is 4.63. The SMILES string of the molecule is CCN(CC1CC1)c1nc(N)cn2ccnc12. The molecule has 0 unspecified atom stereocenters. The molecule has 1 aliphatic rings. The first-order chi connectivity index (χ1) is 8.28. The van der Waals surface area contributed by atoms with Crippen molar-refractivity contribution in [3.05, 3.63) is 18.6 Å². The van der Waals surface area contributed by atoms with Crippen LogP contribution in [0.25, 0.3) is 5.65 Å². The summed E-state index contributed by atoms with van der Waals surface area (Å²) in [6.45, 7) is 4.15. The van der Waals surface area contributed by atoms with Crippen LogP contribution in [0, 0.1) is 5.92 Å². The van der Waals surface area contributed by atoms with Gasteiger partial charge in [0, 0.05) is 25.5 Å². The quantitative estimate of drug-likeness (QED) is 0.867. The predicted molar refractivity (Wildman–Crippen MR) is 68.0 cm³/mol.